The molecule has 6 heteroatoms. The van der Waals surface area contributed by atoms with Gasteiger partial charge in [-0.05, 0) is 34.5 Å². The second-order valence-corrected chi connectivity index (χ2v) is 5.90. The molecule has 1 atom stereocenters. The predicted octanol–water partition coefficient (Wildman–Crippen LogP) is 2.29. The molecular formula is C16H18N2O3S. The molecule has 116 valence electrons. The summed E-state index contributed by atoms with van der Waals surface area (Å²) in [7, 11) is 1.60. The monoisotopic (exact) mass is 318 g/mol. The highest BCUT2D eigenvalue weighted by Gasteiger charge is 2.25. The summed E-state index contributed by atoms with van der Waals surface area (Å²) in [4.78, 5) is 18.5. The first-order valence-electron chi connectivity index (χ1n) is 7.16. The fourth-order valence-corrected chi connectivity index (χ4v) is 3.14. The van der Waals surface area contributed by atoms with Crippen LogP contribution in [0.25, 0.3) is 0 Å². The molecule has 0 saturated carbocycles. The number of amides is 1. The van der Waals surface area contributed by atoms with E-state index in [4.69, 9.17) is 9.47 Å². The normalized spacial score (nSPS) is 18.2. The standard InChI is InChI=1S/C16H18N2O3S/c1-20-14-3-2-13(17-9-14)8-16(19)18-5-6-21-15(10-18)12-4-7-22-11-12/h2-4,7,9,11,15H,5-6,8,10H2,1H3. The van der Waals surface area contributed by atoms with Gasteiger partial charge in [0.05, 0.1) is 32.9 Å². The van der Waals surface area contributed by atoms with Crippen molar-refractivity contribution in [1.82, 2.24) is 9.88 Å². The summed E-state index contributed by atoms with van der Waals surface area (Å²) in [5, 5.41) is 4.10. The molecule has 1 aliphatic rings. The first kappa shape index (κ1) is 15.0. The summed E-state index contributed by atoms with van der Waals surface area (Å²) >= 11 is 1.64. The molecule has 2 aromatic rings. The number of thiophene rings is 1. The number of pyridine rings is 1. The summed E-state index contributed by atoms with van der Waals surface area (Å²) < 4.78 is 10.8. The van der Waals surface area contributed by atoms with Crippen LogP contribution < -0.4 is 4.74 Å². The number of hydrogen-bond donors (Lipinski definition) is 0. The molecule has 3 heterocycles. The molecular weight excluding hydrogens is 300 g/mol. The van der Waals surface area contributed by atoms with Crippen LogP contribution in [0, 0.1) is 0 Å². The zero-order chi connectivity index (χ0) is 15.4. The number of hydrogen-bond acceptors (Lipinski definition) is 5. The van der Waals surface area contributed by atoms with Crippen LogP contribution in [0.4, 0.5) is 0 Å². The molecule has 3 rings (SSSR count). The van der Waals surface area contributed by atoms with Crippen molar-refractivity contribution in [3.05, 3.63) is 46.4 Å². The van der Waals surface area contributed by atoms with Crippen molar-refractivity contribution in [2.45, 2.75) is 12.5 Å². The van der Waals surface area contributed by atoms with E-state index >= 15 is 0 Å². The van der Waals surface area contributed by atoms with Crippen LogP contribution in [0.15, 0.2) is 35.2 Å². The first-order valence-corrected chi connectivity index (χ1v) is 8.11. The Kier molecular flexibility index (Phi) is 4.70. The second-order valence-electron chi connectivity index (χ2n) is 5.12. The maximum Gasteiger partial charge on any atom is 0.228 e. The van der Waals surface area contributed by atoms with Gasteiger partial charge in [-0.3, -0.25) is 9.78 Å². The van der Waals surface area contributed by atoms with Gasteiger partial charge in [-0.15, -0.1) is 0 Å². The van der Waals surface area contributed by atoms with Crippen molar-refractivity contribution in [3.63, 3.8) is 0 Å². The molecule has 0 aliphatic carbocycles. The van der Waals surface area contributed by atoms with Gasteiger partial charge in [-0.2, -0.15) is 11.3 Å². The lowest BCUT2D eigenvalue weighted by Gasteiger charge is -2.32. The molecule has 2 aromatic heterocycles. The number of aromatic nitrogens is 1. The molecule has 0 spiro atoms. The van der Waals surface area contributed by atoms with Gasteiger partial charge in [0.15, 0.2) is 0 Å². The highest BCUT2D eigenvalue weighted by molar-refractivity contribution is 7.07. The number of rotatable bonds is 4. The number of ether oxygens (including phenoxy) is 2. The van der Waals surface area contributed by atoms with Gasteiger partial charge in [-0.1, -0.05) is 0 Å². The molecule has 0 bridgehead atoms. The average molecular weight is 318 g/mol. The highest BCUT2D eigenvalue weighted by Crippen LogP contribution is 2.24. The number of methoxy groups -OCH3 is 1. The number of nitrogens with zero attached hydrogens (tertiary/aromatic N) is 2. The smallest absolute Gasteiger partial charge is 0.228 e. The van der Waals surface area contributed by atoms with Gasteiger partial charge in [0.2, 0.25) is 5.91 Å². The van der Waals surface area contributed by atoms with Crippen LogP contribution >= 0.6 is 11.3 Å². The molecule has 1 aliphatic heterocycles. The maximum absolute atomic E-state index is 12.4. The van der Waals surface area contributed by atoms with Gasteiger partial charge in [0, 0.05) is 12.2 Å². The molecule has 1 saturated heterocycles. The Morgan fingerprint density at radius 1 is 1.50 bits per heavy atom. The number of carbonyl (C=O) groups is 1. The Labute approximate surface area is 133 Å². The summed E-state index contributed by atoms with van der Waals surface area (Å²) in [6.07, 6.45) is 1.92. The van der Waals surface area contributed by atoms with E-state index < -0.39 is 0 Å². The fourth-order valence-electron chi connectivity index (χ4n) is 2.44. The van der Waals surface area contributed by atoms with E-state index in [0.717, 1.165) is 11.3 Å². The molecule has 1 amide bonds. The van der Waals surface area contributed by atoms with Gasteiger partial charge < -0.3 is 14.4 Å². The van der Waals surface area contributed by atoms with Crippen LogP contribution in [-0.2, 0) is 16.0 Å². The molecule has 22 heavy (non-hydrogen) atoms. The van der Waals surface area contributed by atoms with Crippen molar-refractivity contribution in [1.29, 1.82) is 0 Å². The quantitative estimate of drug-likeness (QED) is 0.868. The topological polar surface area (TPSA) is 51.7 Å². The summed E-state index contributed by atoms with van der Waals surface area (Å²) in [6.45, 7) is 1.81. The number of morpholine rings is 1. The van der Waals surface area contributed by atoms with Crippen LogP contribution in [0.2, 0.25) is 0 Å². The molecule has 5 nitrogen and oxygen atoms in total. The van der Waals surface area contributed by atoms with Gasteiger partial charge >= 0.3 is 0 Å². The van der Waals surface area contributed by atoms with E-state index in [1.54, 1.807) is 24.6 Å². The third-order valence-electron chi connectivity index (χ3n) is 3.70. The molecule has 0 aromatic carbocycles. The minimum absolute atomic E-state index is 0.0206. The second kappa shape index (κ2) is 6.89. The van der Waals surface area contributed by atoms with Crippen molar-refractivity contribution >= 4 is 17.2 Å². The Morgan fingerprint density at radius 3 is 3.09 bits per heavy atom. The van der Waals surface area contributed by atoms with E-state index in [1.165, 1.54) is 0 Å². The molecule has 0 N–H and O–H groups in total. The lowest BCUT2D eigenvalue weighted by Crippen LogP contribution is -2.42. The molecule has 0 radical (unpaired) electrons. The largest absolute Gasteiger partial charge is 0.495 e. The molecule has 1 unspecified atom stereocenters. The van der Waals surface area contributed by atoms with Crippen LogP contribution in [0.3, 0.4) is 0 Å². The van der Waals surface area contributed by atoms with Crippen LogP contribution in [0.5, 0.6) is 5.75 Å². The fraction of sp³-hybridized carbons (Fsp3) is 0.375. The van der Waals surface area contributed by atoms with Crippen molar-refractivity contribution in [2.75, 3.05) is 26.8 Å². The predicted molar refractivity (Wildman–Crippen MR) is 84.1 cm³/mol. The van der Waals surface area contributed by atoms with E-state index in [-0.39, 0.29) is 12.0 Å². The van der Waals surface area contributed by atoms with Crippen LogP contribution in [0.1, 0.15) is 17.4 Å². The van der Waals surface area contributed by atoms with Crippen LogP contribution in [-0.4, -0.2) is 42.6 Å². The molecule has 1 fully saturated rings. The minimum Gasteiger partial charge on any atom is -0.495 e. The lowest BCUT2D eigenvalue weighted by molar-refractivity contribution is -0.138. The van der Waals surface area contributed by atoms with E-state index in [2.05, 4.69) is 10.4 Å². The Morgan fingerprint density at radius 2 is 2.41 bits per heavy atom. The van der Waals surface area contributed by atoms with Gasteiger partial charge in [0.25, 0.3) is 0 Å². The Hall–Kier alpha value is -1.92. The van der Waals surface area contributed by atoms with E-state index in [0.29, 0.717) is 31.9 Å². The average Bonchev–Trinajstić information content (AvgIpc) is 3.10. The zero-order valence-corrected chi connectivity index (χ0v) is 13.2. The summed E-state index contributed by atoms with van der Waals surface area (Å²) in [5.41, 5.74) is 1.90. The highest BCUT2D eigenvalue weighted by atomic mass is 32.1. The summed E-state index contributed by atoms with van der Waals surface area (Å²) in [6, 6.07) is 5.70. The SMILES string of the molecule is COc1ccc(CC(=O)N2CCOC(c3ccsc3)C2)nc1. The van der Waals surface area contributed by atoms with Crippen molar-refractivity contribution < 1.29 is 14.3 Å². The van der Waals surface area contributed by atoms with E-state index in [1.807, 2.05) is 28.5 Å². The lowest BCUT2D eigenvalue weighted by atomic mass is 10.1. The van der Waals surface area contributed by atoms with E-state index in [9.17, 15) is 4.79 Å². The summed E-state index contributed by atoms with van der Waals surface area (Å²) in [5.74, 6) is 0.779. The van der Waals surface area contributed by atoms with Crippen molar-refractivity contribution in [3.8, 4) is 5.75 Å². The third-order valence-corrected chi connectivity index (χ3v) is 4.40. The third kappa shape index (κ3) is 3.45. The Balaban J connectivity index is 1.61. The van der Waals surface area contributed by atoms with Crippen molar-refractivity contribution in [2.24, 2.45) is 0 Å². The maximum atomic E-state index is 12.4. The number of carbonyl (C=O) groups excluding carboxylic acids is 1. The Bertz CT molecular complexity index is 613. The minimum atomic E-state index is -0.0206. The van der Waals surface area contributed by atoms with Gasteiger partial charge in [0.1, 0.15) is 11.9 Å². The van der Waals surface area contributed by atoms with Gasteiger partial charge in [-0.25, -0.2) is 0 Å². The first-order chi connectivity index (χ1) is 10.8. The zero-order valence-electron chi connectivity index (χ0n) is 12.4.